The van der Waals surface area contributed by atoms with Crippen LogP contribution in [-0.2, 0) is 0 Å². The molecule has 1 aromatic heterocycles. The summed E-state index contributed by atoms with van der Waals surface area (Å²) in [6.07, 6.45) is 6.41. The molecule has 3 rings (SSSR count). The number of aliphatic hydroxyl groups is 1. The Bertz CT molecular complexity index is 540. The largest absolute Gasteiger partial charge is 0.393 e. The Hall–Kier alpha value is -1.82. The summed E-state index contributed by atoms with van der Waals surface area (Å²) in [5.74, 6) is 1.23. The zero-order valence-corrected chi connectivity index (χ0v) is 14.4. The molecule has 3 N–H and O–H groups in total. The topological polar surface area (TPSA) is 77.5 Å². The van der Waals surface area contributed by atoms with Gasteiger partial charge in [0.2, 0.25) is 0 Å². The molecule has 0 bridgehead atoms. The second-order valence-electron chi connectivity index (χ2n) is 7.07. The zero-order valence-electron chi connectivity index (χ0n) is 14.4. The van der Waals surface area contributed by atoms with Gasteiger partial charge in [0, 0.05) is 37.8 Å². The number of aliphatic hydroxyl groups excluding tert-OH is 1. The highest BCUT2D eigenvalue weighted by molar-refractivity contribution is 5.74. The monoisotopic (exact) mass is 332 g/mol. The van der Waals surface area contributed by atoms with Crippen LogP contribution in [0.15, 0.2) is 18.3 Å². The molecule has 6 nitrogen and oxygen atoms in total. The maximum absolute atomic E-state index is 12.0. The molecular weight excluding hydrogens is 304 g/mol. The average molecular weight is 332 g/mol. The highest BCUT2D eigenvalue weighted by Gasteiger charge is 2.26. The first-order valence-electron chi connectivity index (χ1n) is 9.02. The Labute approximate surface area is 143 Å². The number of amides is 2. The number of rotatable bonds is 4. The molecule has 0 aromatic carbocycles. The van der Waals surface area contributed by atoms with Gasteiger partial charge in [-0.25, -0.2) is 9.78 Å². The van der Waals surface area contributed by atoms with E-state index < -0.39 is 0 Å². The molecule has 2 heterocycles. The fraction of sp³-hybridized carbons (Fsp3) is 0.667. The van der Waals surface area contributed by atoms with Crippen LogP contribution in [0.25, 0.3) is 0 Å². The van der Waals surface area contributed by atoms with Crippen LogP contribution < -0.4 is 15.5 Å². The summed E-state index contributed by atoms with van der Waals surface area (Å²) in [5, 5.41) is 15.8. The van der Waals surface area contributed by atoms with Gasteiger partial charge in [-0.2, -0.15) is 0 Å². The summed E-state index contributed by atoms with van der Waals surface area (Å²) >= 11 is 0. The predicted octanol–water partition coefficient (Wildman–Crippen LogP) is 1.82. The van der Waals surface area contributed by atoms with Crippen LogP contribution >= 0.6 is 0 Å². The van der Waals surface area contributed by atoms with Crippen molar-refractivity contribution in [1.82, 2.24) is 15.6 Å². The van der Waals surface area contributed by atoms with Gasteiger partial charge in [0.15, 0.2) is 0 Å². The van der Waals surface area contributed by atoms with Crippen LogP contribution in [0.3, 0.4) is 0 Å². The second-order valence-corrected chi connectivity index (χ2v) is 7.07. The van der Waals surface area contributed by atoms with E-state index in [0.29, 0.717) is 6.54 Å². The maximum Gasteiger partial charge on any atom is 0.315 e. The first-order chi connectivity index (χ1) is 11.6. The van der Waals surface area contributed by atoms with E-state index in [4.69, 9.17) is 0 Å². The quantitative estimate of drug-likeness (QED) is 0.786. The lowest BCUT2D eigenvalue weighted by Gasteiger charge is -2.33. The van der Waals surface area contributed by atoms with Crippen molar-refractivity contribution in [1.29, 1.82) is 0 Å². The van der Waals surface area contributed by atoms with E-state index in [9.17, 15) is 9.90 Å². The Morgan fingerprint density at radius 2 is 2.08 bits per heavy atom. The van der Waals surface area contributed by atoms with E-state index in [2.05, 4.69) is 32.7 Å². The lowest BCUT2D eigenvalue weighted by molar-refractivity contribution is 0.132. The number of aromatic nitrogens is 1. The van der Waals surface area contributed by atoms with E-state index in [1.54, 1.807) is 0 Å². The number of carbonyl (C=O) groups is 1. The molecule has 6 heteroatoms. The average Bonchev–Trinajstić information content (AvgIpc) is 3.00. The number of hydrogen-bond acceptors (Lipinski definition) is 4. The van der Waals surface area contributed by atoms with E-state index in [0.717, 1.165) is 51.0 Å². The van der Waals surface area contributed by atoms with Crippen molar-refractivity contribution < 1.29 is 9.90 Å². The highest BCUT2D eigenvalue weighted by atomic mass is 16.3. The van der Waals surface area contributed by atoms with Crippen LogP contribution in [-0.4, -0.2) is 47.9 Å². The second kappa shape index (κ2) is 7.83. The molecule has 2 amide bonds. The van der Waals surface area contributed by atoms with Gasteiger partial charge < -0.3 is 20.6 Å². The summed E-state index contributed by atoms with van der Waals surface area (Å²) < 4.78 is 0. The fourth-order valence-corrected chi connectivity index (χ4v) is 3.62. The van der Waals surface area contributed by atoms with Crippen molar-refractivity contribution in [3.05, 3.63) is 23.9 Å². The van der Waals surface area contributed by atoms with Gasteiger partial charge in [-0.15, -0.1) is 0 Å². The molecule has 2 atom stereocenters. The third kappa shape index (κ3) is 4.38. The van der Waals surface area contributed by atoms with Crippen LogP contribution in [0.2, 0.25) is 0 Å². The minimum absolute atomic E-state index is 0.110. The maximum atomic E-state index is 12.0. The van der Waals surface area contributed by atoms with Gasteiger partial charge >= 0.3 is 6.03 Å². The molecule has 0 unspecified atom stereocenters. The van der Waals surface area contributed by atoms with E-state index in [1.165, 1.54) is 5.56 Å². The molecule has 24 heavy (non-hydrogen) atoms. The van der Waals surface area contributed by atoms with Crippen LogP contribution in [0, 0.1) is 12.8 Å². The molecule has 0 spiro atoms. The summed E-state index contributed by atoms with van der Waals surface area (Å²) in [4.78, 5) is 18.8. The molecule has 2 fully saturated rings. The number of anilines is 1. The molecule has 1 saturated carbocycles. The van der Waals surface area contributed by atoms with Crippen molar-refractivity contribution in [2.45, 2.75) is 51.2 Å². The Morgan fingerprint density at radius 1 is 1.29 bits per heavy atom. The Morgan fingerprint density at radius 3 is 2.71 bits per heavy atom. The fourth-order valence-electron chi connectivity index (χ4n) is 3.62. The van der Waals surface area contributed by atoms with E-state index in [1.807, 2.05) is 13.1 Å². The molecule has 2 aliphatic rings. The summed E-state index contributed by atoms with van der Waals surface area (Å²) in [7, 11) is 0. The number of nitrogens with one attached hydrogen (secondary N) is 2. The minimum Gasteiger partial charge on any atom is -0.393 e. The van der Waals surface area contributed by atoms with Crippen molar-refractivity contribution in [3.8, 4) is 0 Å². The third-order valence-corrected chi connectivity index (χ3v) is 5.19. The first-order valence-corrected chi connectivity index (χ1v) is 9.02. The highest BCUT2D eigenvalue weighted by Crippen LogP contribution is 2.24. The summed E-state index contributed by atoms with van der Waals surface area (Å²) in [5.41, 5.74) is 1.17. The lowest BCUT2D eigenvalue weighted by atomic mass is 10.0. The number of piperidine rings is 1. The van der Waals surface area contributed by atoms with Gasteiger partial charge in [-0.1, -0.05) is 12.5 Å². The van der Waals surface area contributed by atoms with Gasteiger partial charge in [0.1, 0.15) is 5.82 Å². The van der Waals surface area contributed by atoms with Crippen molar-refractivity contribution in [3.63, 3.8) is 0 Å². The minimum atomic E-state index is -0.254. The van der Waals surface area contributed by atoms with Crippen molar-refractivity contribution >= 4 is 11.8 Å². The molecule has 1 aliphatic carbocycles. The number of hydrogen-bond donors (Lipinski definition) is 3. The SMILES string of the molecule is Cc1ccc(N2CCC(NC(=O)NC[C@H]3CCC[C@@H]3O)CC2)nc1. The van der Waals surface area contributed by atoms with Crippen molar-refractivity contribution in [2.24, 2.45) is 5.92 Å². The van der Waals surface area contributed by atoms with E-state index in [-0.39, 0.29) is 24.1 Å². The first kappa shape index (κ1) is 17.0. The zero-order chi connectivity index (χ0) is 16.9. The molecule has 1 aromatic rings. The van der Waals surface area contributed by atoms with E-state index >= 15 is 0 Å². The van der Waals surface area contributed by atoms with Crippen LogP contribution in [0.4, 0.5) is 10.6 Å². The number of urea groups is 1. The van der Waals surface area contributed by atoms with Gasteiger partial charge in [-0.3, -0.25) is 0 Å². The molecule has 132 valence electrons. The number of pyridine rings is 1. The third-order valence-electron chi connectivity index (χ3n) is 5.19. The van der Waals surface area contributed by atoms with Crippen LogP contribution in [0.5, 0.6) is 0 Å². The summed E-state index contributed by atoms with van der Waals surface area (Å²) in [6.45, 7) is 4.42. The standard InChI is InChI=1S/C18H28N4O2/c1-13-5-6-17(19-11-13)22-9-7-15(8-10-22)21-18(24)20-12-14-3-2-4-16(14)23/h5-6,11,14-16,23H,2-4,7-10,12H2,1H3,(H2,20,21,24)/t14-,16+/m1/s1. The van der Waals surface area contributed by atoms with Gasteiger partial charge in [0.25, 0.3) is 0 Å². The molecule has 1 saturated heterocycles. The van der Waals surface area contributed by atoms with Crippen LogP contribution in [0.1, 0.15) is 37.7 Å². The Kier molecular flexibility index (Phi) is 5.56. The number of nitrogens with zero attached hydrogens (tertiary/aromatic N) is 2. The van der Waals surface area contributed by atoms with Crippen molar-refractivity contribution in [2.75, 3.05) is 24.5 Å². The number of carbonyl (C=O) groups excluding carboxylic acids is 1. The van der Waals surface area contributed by atoms with Gasteiger partial charge in [-0.05, 0) is 44.2 Å². The normalized spacial score (nSPS) is 24.8. The van der Waals surface area contributed by atoms with Gasteiger partial charge in [0.05, 0.1) is 6.10 Å². The Balaban J connectivity index is 1.38. The smallest absolute Gasteiger partial charge is 0.315 e. The molecular formula is C18H28N4O2. The molecule has 0 radical (unpaired) electrons. The number of aryl methyl sites for hydroxylation is 1. The summed E-state index contributed by atoms with van der Waals surface area (Å²) in [6, 6.07) is 4.24. The molecule has 1 aliphatic heterocycles. The predicted molar refractivity (Wildman–Crippen MR) is 94.1 cm³/mol. The lowest BCUT2D eigenvalue weighted by Crippen LogP contribution is -2.49.